The third-order valence-corrected chi connectivity index (χ3v) is 13.6. The molecule has 0 aliphatic heterocycles. The van der Waals surface area contributed by atoms with Crippen LogP contribution in [0.25, 0.3) is 0 Å². The molecule has 0 amide bonds. The van der Waals surface area contributed by atoms with E-state index in [4.69, 9.17) is 45.7 Å². The Morgan fingerprint density at radius 2 is 0.593 bits per heavy atom. The molecule has 54 heavy (non-hydrogen) atoms. The number of aromatic nitrogens is 6. The lowest BCUT2D eigenvalue weighted by atomic mass is 10.6. The molecule has 26 heteroatoms. The standard InChI is InChI=1S/C28H54N8O14P4/c1-9-43-51(37,44-10-2)25-31-23(32-26(35-25)52(38,45-11-3)46-12-4)29-17-19-41-21-22-42-20-18-30-24-33-27(53(39,47-13-5)48-14-6)36-28(34-24)54(40,49-15-7)50-16-8/h9-22H2,1-8H3,(H,29,31,32,35)(H,30,33,34,36). The SMILES string of the molecule is CCOP(=O)(OCC)c1nc(NCCOCCOCCNc2nc(P(=O)(OCC)OCC)nc(P(=O)(OCC)OCC)n2)nc(P(=O)(OCC)OCC)n1. The maximum absolute atomic E-state index is 13.5. The van der Waals surface area contributed by atoms with Crippen molar-refractivity contribution in [3.8, 4) is 0 Å². The normalized spacial score (nSPS) is 12.7. The zero-order chi connectivity index (χ0) is 40.1. The molecule has 22 nitrogen and oxygen atoms in total. The summed E-state index contributed by atoms with van der Waals surface area (Å²) in [7, 11) is -16.0. The molecule has 0 fully saturated rings. The van der Waals surface area contributed by atoms with Gasteiger partial charge in [-0.25, -0.2) is 0 Å². The van der Waals surface area contributed by atoms with Crippen LogP contribution in [-0.4, -0.2) is 122 Å². The van der Waals surface area contributed by atoms with Gasteiger partial charge >= 0.3 is 30.4 Å². The predicted molar refractivity (Wildman–Crippen MR) is 200 cm³/mol. The third kappa shape index (κ3) is 14.6. The van der Waals surface area contributed by atoms with Gasteiger partial charge in [0, 0.05) is 13.1 Å². The number of hydrogen-bond donors (Lipinski definition) is 2. The first-order valence-electron chi connectivity index (χ1n) is 17.6. The van der Waals surface area contributed by atoms with E-state index in [2.05, 4.69) is 40.5 Å². The third-order valence-electron chi connectivity index (χ3n) is 6.03. The van der Waals surface area contributed by atoms with E-state index in [9.17, 15) is 18.3 Å². The summed E-state index contributed by atoms with van der Waals surface area (Å²) < 4.78 is 108. The Morgan fingerprint density at radius 3 is 0.796 bits per heavy atom. The van der Waals surface area contributed by atoms with Crippen molar-refractivity contribution in [1.29, 1.82) is 0 Å². The molecule has 0 spiro atoms. The Hall–Kier alpha value is -1.86. The minimum absolute atomic E-state index is 0.0409. The quantitative estimate of drug-likeness (QED) is 0.0815. The molecule has 0 atom stereocenters. The van der Waals surface area contributed by atoms with E-state index in [0.29, 0.717) is 0 Å². The van der Waals surface area contributed by atoms with Gasteiger partial charge in [-0.1, -0.05) is 0 Å². The van der Waals surface area contributed by atoms with Crippen LogP contribution >= 0.6 is 30.4 Å². The van der Waals surface area contributed by atoms with Crippen LogP contribution in [0.3, 0.4) is 0 Å². The van der Waals surface area contributed by atoms with Gasteiger partial charge in [0.25, 0.3) is 0 Å². The van der Waals surface area contributed by atoms with Gasteiger partial charge < -0.3 is 56.3 Å². The lowest BCUT2D eigenvalue weighted by molar-refractivity contribution is 0.0556. The maximum atomic E-state index is 13.5. The van der Waals surface area contributed by atoms with Crippen molar-refractivity contribution in [3.63, 3.8) is 0 Å². The second-order valence-corrected chi connectivity index (χ2v) is 17.6. The van der Waals surface area contributed by atoms with Crippen molar-refractivity contribution >= 4 is 64.5 Å². The topological polar surface area (TPSA) is 262 Å². The first kappa shape index (κ1) is 48.3. The Kier molecular flexibility index (Phi) is 22.1. The second kappa shape index (κ2) is 24.7. The van der Waals surface area contributed by atoms with Gasteiger partial charge in [0.1, 0.15) is 0 Å². The van der Waals surface area contributed by atoms with E-state index >= 15 is 0 Å². The molecule has 2 aromatic heterocycles. The summed E-state index contributed by atoms with van der Waals surface area (Å²) in [6.07, 6.45) is 0. The van der Waals surface area contributed by atoms with Crippen LogP contribution in [0.5, 0.6) is 0 Å². The number of nitrogens with one attached hydrogen (secondary N) is 2. The highest BCUT2D eigenvalue weighted by atomic mass is 31.2. The highest BCUT2D eigenvalue weighted by Gasteiger charge is 2.39. The first-order valence-corrected chi connectivity index (χ1v) is 23.8. The molecular formula is C28H54N8O14P4. The summed E-state index contributed by atoms with van der Waals surface area (Å²) in [6, 6.07) is 0. The van der Waals surface area contributed by atoms with Crippen molar-refractivity contribution in [2.45, 2.75) is 55.4 Å². The first-order chi connectivity index (χ1) is 25.9. The zero-order valence-corrected chi connectivity index (χ0v) is 35.7. The molecular weight excluding hydrogens is 796 g/mol. The molecule has 0 aliphatic rings. The van der Waals surface area contributed by atoms with E-state index in [1.54, 1.807) is 55.4 Å². The van der Waals surface area contributed by atoms with Crippen molar-refractivity contribution in [1.82, 2.24) is 29.9 Å². The number of ether oxygens (including phenoxy) is 2. The van der Waals surface area contributed by atoms with Crippen LogP contribution in [0.1, 0.15) is 55.4 Å². The number of nitrogens with zero attached hydrogens (tertiary/aromatic N) is 6. The Bertz CT molecular complexity index is 1360. The molecule has 0 radical (unpaired) electrons. The second-order valence-electron chi connectivity index (χ2n) is 9.93. The molecule has 2 heterocycles. The predicted octanol–water partition coefficient (Wildman–Crippen LogP) is 3.18. The number of anilines is 2. The van der Waals surface area contributed by atoms with Crippen LogP contribution in [0.2, 0.25) is 0 Å². The van der Waals surface area contributed by atoms with E-state index in [1.807, 2.05) is 0 Å². The molecule has 2 rings (SSSR count). The largest absolute Gasteiger partial charge is 0.398 e. The van der Waals surface area contributed by atoms with Gasteiger partial charge in [-0.05, 0) is 55.4 Å². The Balaban J connectivity index is 2.03. The number of rotatable bonds is 31. The molecule has 2 aromatic rings. The van der Waals surface area contributed by atoms with Crippen molar-refractivity contribution in [3.05, 3.63) is 0 Å². The van der Waals surface area contributed by atoms with Crippen LogP contribution in [0.4, 0.5) is 11.9 Å². The summed E-state index contributed by atoms with van der Waals surface area (Å²) in [6.45, 7) is 14.6. The Labute approximate surface area is 316 Å². The lowest BCUT2D eigenvalue weighted by Gasteiger charge is -2.19. The van der Waals surface area contributed by atoms with Gasteiger partial charge in [0.2, 0.25) is 34.2 Å². The molecule has 0 aliphatic carbocycles. The highest BCUT2D eigenvalue weighted by molar-refractivity contribution is 7.63. The summed E-state index contributed by atoms with van der Waals surface area (Å²) >= 11 is 0. The van der Waals surface area contributed by atoms with Crippen LogP contribution in [0.15, 0.2) is 0 Å². The number of hydrogen-bond acceptors (Lipinski definition) is 22. The minimum Gasteiger partial charge on any atom is -0.377 e. The average Bonchev–Trinajstić information content (AvgIpc) is 3.13. The minimum atomic E-state index is -3.99. The van der Waals surface area contributed by atoms with Crippen LogP contribution < -0.4 is 32.9 Å². The summed E-state index contributed by atoms with van der Waals surface area (Å²) in [4.78, 5) is 25.1. The van der Waals surface area contributed by atoms with Crippen LogP contribution in [-0.2, 0) is 63.9 Å². The summed E-state index contributed by atoms with van der Waals surface area (Å²) in [5.41, 5.74) is -1.38. The van der Waals surface area contributed by atoms with E-state index in [0.717, 1.165) is 0 Å². The zero-order valence-electron chi connectivity index (χ0n) is 32.1. The average molecular weight is 851 g/mol. The van der Waals surface area contributed by atoms with Crippen molar-refractivity contribution in [2.75, 3.05) is 103 Å². The molecule has 2 N–H and O–H groups in total. The lowest BCUT2D eigenvalue weighted by Crippen LogP contribution is -2.31. The monoisotopic (exact) mass is 850 g/mol. The summed E-state index contributed by atoms with van der Waals surface area (Å²) in [5.74, 6) is -0.134. The molecule has 0 aromatic carbocycles. The van der Waals surface area contributed by atoms with E-state index in [-0.39, 0.29) is 127 Å². The van der Waals surface area contributed by atoms with Gasteiger partial charge in [0.05, 0.1) is 79.3 Å². The Morgan fingerprint density at radius 1 is 0.370 bits per heavy atom. The van der Waals surface area contributed by atoms with Crippen molar-refractivity contribution < 1.29 is 63.9 Å². The molecule has 310 valence electrons. The fraction of sp³-hybridized carbons (Fsp3) is 0.786. The van der Waals surface area contributed by atoms with Gasteiger partial charge in [-0.3, -0.25) is 18.3 Å². The van der Waals surface area contributed by atoms with E-state index < -0.39 is 30.4 Å². The van der Waals surface area contributed by atoms with Gasteiger partial charge in [-0.2, -0.15) is 29.9 Å². The smallest absolute Gasteiger partial charge is 0.377 e. The van der Waals surface area contributed by atoms with E-state index in [1.165, 1.54) is 0 Å². The van der Waals surface area contributed by atoms with Crippen molar-refractivity contribution in [2.24, 2.45) is 0 Å². The highest BCUT2D eigenvalue weighted by Crippen LogP contribution is 2.49. The van der Waals surface area contributed by atoms with Gasteiger partial charge in [0.15, 0.2) is 0 Å². The fourth-order valence-electron chi connectivity index (χ4n) is 4.12. The molecule has 0 saturated carbocycles. The van der Waals surface area contributed by atoms with Gasteiger partial charge in [-0.15, -0.1) is 0 Å². The summed E-state index contributed by atoms with van der Waals surface area (Å²) in [5, 5.41) is 5.86. The van der Waals surface area contributed by atoms with Crippen LogP contribution in [0, 0.1) is 0 Å². The fourth-order valence-corrected chi connectivity index (χ4v) is 9.95. The molecule has 0 unspecified atom stereocenters. The molecule has 0 bridgehead atoms. The molecule has 0 saturated heterocycles. The maximum Gasteiger partial charge on any atom is 0.398 e.